The van der Waals surface area contributed by atoms with E-state index in [2.05, 4.69) is 15.0 Å². The van der Waals surface area contributed by atoms with E-state index < -0.39 is 58.6 Å². The van der Waals surface area contributed by atoms with Crippen LogP contribution in [0.1, 0.15) is 41.0 Å². The van der Waals surface area contributed by atoms with E-state index in [1.807, 2.05) is 0 Å². The number of anilines is 1. The number of imide groups is 1. The number of pyridine rings is 1. The van der Waals surface area contributed by atoms with Gasteiger partial charge in [0.2, 0.25) is 10.0 Å². The number of nitrogens with one attached hydrogen (secondary N) is 2. The number of likely N-dealkylation sites (N-methyl/N-ethyl adjacent to an activating group) is 1. The van der Waals surface area contributed by atoms with Crippen LogP contribution in [-0.4, -0.2) is 95.9 Å². The first-order chi connectivity index (χ1) is 19.8. The highest BCUT2D eigenvalue weighted by atomic mass is 32.2. The number of Topliss-reactive ketones (excluding diaryl/α,β-unsaturated/α-hetero) is 1. The molecule has 2 atom stereocenters. The zero-order valence-corrected chi connectivity index (χ0v) is 23.5. The third kappa shape index (κ3) is 6.68. The zero-order valence-electron chi connectivity index (χ0n) is 22.6. The van der Waals surface area contributed by atoms with Gasteiger partial charge in [-0.2, -0.15) is 0 Å². The fourth-order valence-electron chi connectivity index (χ4n) is 4.74. The number of rotatable bonds is 9. The molecule has 4 rings (SSSR count). The fourth-order valence-corrected chi connectivity index (χ4v) is 5.29. The van der Waals surface area contributed by atoms with Gasteiger partial charge in [-0.3, -0.25) is 29.0 Å². The van der Waals surface area contributed by atoms with E-state index in [-0.39, 0.29) is 55.2 Å². The standard InChI is InChI=1S/C25H28BN5O10S/c1-3-30-9-10-31(23(34)22(30)33)25(37)28-20(18-8-7-16(13-27-18)29-42(2,39)40)19(32)12-15-11-14-5-4-6-17(24(35)36)21(14)41-26(15)38/h4-8,13,15,20,29,38H,3,9-12H2,1-2H3,(H,28,37)(H,35,36)/t15-,20?/m1/s1. The van der Waals surface area contributed by atoms with Crippen LogP contribution in [-0.2, 0) is 30.8 Å². The minimum atomic E-state index is -3.62. The van der Waals surface area contributed by atoms with Gasteiger partial charge >= 0.3 is 30.9 Å². The molecule has 0 spiro atoms. The lowest BCUT2D eigenvalue weighted by molar-refractivity contribution is -0.153. The molecule has 17 heteroatoms. The van der Waals surface area contributed by atoms with Crippen LogP contribution in [0.2, 0.25) is 5.82 Å². The number of sulfonamides is 1. The van der Waals surface area contributed by atoms with Gasteiger partial charge in [0.1, 0.15) is 11.8 Å². The molecular formula is C25H28BN5O10S. The van der Waals surface area contributed by atoms with Crippen LogP contribution >= 0.6 is 0 Å². The predicted octanol–water partition coefficient (Wildman–Crippen LogP) is 0.0377. The molecular weight excluding hydrogens is 573 g/mol. The molecule has 4 N–H and O–H groups in total. The molecule has 0 aliphatic carbocycles. The average Bonchev–Trinajstić information content (AvgIpc) is 2.92. The van der Waals surface area contributed by atoms with E-state index in [1.54, 1.807) is 13.0 Å². The molecule has 1 aromatic carbocycles. The van der Waals surface area contributed by atoms with Crippen molar-refractivity contribution in [2.75, 3.05) is 30.6 Å². The molecule has 1 saturated heterocycles. The SMILES string of the molecule is CCN1CCN(C(=O)NC(C(=O)C[C@H]2Cc3cccc(C(=O)O)c3OB2O)c2ccc(NS(C)(=O)=O)cn2)C(=O)C1=O. The van der Waals surface area contributed by atoms with Crippen molar-refractivity contribution in [1.29, 1.82) is 0 Å². The topological polar surface area (TPSA) is 213 Å². The Morgan fingerprint density at radius 3 is 2.52 bits per heavy atom. The van der Waals surface area contributed by atoms with Crippen molar-refractivity contribution in [2.45, 2.75) is 31.6 Å². The lowest BCUT2D eigenvalue weighted by Crippen LogP contribution is -2.58. The molecule has 0 bridgehead atoms. The summed E-state index contributed by atoms with van der Waals surface area (Å²) in [5.74, 6) is -4.65. The molecule has 1 fully saturated rings. The smallest absolute Gasteiger partial charge is 0.526 e. The Morgan fingerprint density at radius 1 is 1.17 bits per heavy atom. The van der Waals surface area contributed by atoms with Crippen LogP contribution in [0.5, 0.6) is 5.75 Å². The number of carbonyl (C=O) groups is 5. The van der Waals surface area contributed by atoms with Gasteiger partial charge < -0.3 is 25.0 Å². The molecule has 1 aromatic heterocycles. The molecule has 4 amide bonds. The van der Waals surface area contributed by atoms with Crippen molar-refractivity contribution in [1.82, 2.24) is 20.1 Å². The Kier molecular flexibility index (Phi) is 8.82. The molecule has 42 heavy (non-hydrogen) atoms. The van der Waals surface area contributed by atoms with Crippen LogP contribution < -0.4 is 14.7 Å². The number of carboxylic acid groups (broad SMARTS) is 1. The minimum Gasteiger partial charge on any atom is -0.535 e. The summed E-state index contributed by atoms with van der Waals surface area (Å²) in [6.07, 6.45) is 1.81. The Hall–Kier alpha value is -4.51. The lowest BCUT2D eigenvalue weighted by atomic mass is 9.64. The Labute approximate surface area is 241 Å². The average molecular weight is 601 g/mol. The van der Waals surface area contributed by atoms with Gasteiger partial charge in [0.25, 0.3) is 0 Å². The van der Waals surface area contributed by atoms with Gasteiger partial charge in [0.05, 0.1) is 29.4 Å². The first kappa shape index (κ1) is 30.5. The van der Waals surface area contributed by atoms with Gasteiger partial charge in [-0.1, -0.05) is 12.1 Å². The van der Waals surface area contributed by atoms with Crippen LogP contribution in [0.25, 0.3) is 0 Å². The summed E-state index contributed by atoms with van der Waals surface area (Å²) in [6.45, 7) is 1.98. The number of carbonyl (C=O) groups excluding carboxylic acids is 4. The van der Waals surface area contributed by atoms with E-state index in [0.29, 0.717) is 10.5 Å². The molecule has 2 aliphatic rings. The van der Waals surface area contributed by atoms with E-state index in [1.165, 1.54) is 29.2 Å². The first-order valence-electron chi connectivity index (χ1n) is 12.9. The lowest BCUT2D eigenvalue weighted by Gasteiger charge is -2.33. The second-order valence-electron chi connectivity index (χ2n) is 9.81. The van der Waals surface area contributed by atoms with Gasteiger partial charge in [-0.05, 0) is 37.1 Å². The molecule has 15 nitrogen and oxygen atoms in total. The molecule has 2 aliphatic heterocycles. The van der Waals surface area contributed by atoms with Crippen LogP contribution in [0.15, 0.2) is 36.5 Å². The normalized spacial score (nSPS) is 17.7. The van der Waals surface area contributed by atoms with Crippen molar-refractivity contribution in [2.24, 2.45) is 0 Å². The molecule has 0 radical (unpaired) electrons. The largest absolute Gasteiger partial charge is 0.535 e. The monoisotopic (exact) mass is 601 g/mol. The van der Waals surface area contributed by atoms with Crippen molar-refractivity contribution >= 4 is 52.4 Å². The van der Waals surface area contributed by atoms with E-state index in [0.717, 1.165) is 12.5 Å². The van der Waals surface area contributed by atoms with E-state index >= 15 is 0 Å². The minimum absolute atomic E-state index is 0.00171. The summed E-state index contributed by atoms with van der Waals surface area (Å²) in [7, 11) is -5.17. The Morgan fingerprint density at radius 2 is 1.90 bits per heavy atom. The number of urea groups is 1. The number of nitrogens with zero attached hydrogens (tertiary/aromatic N) is 3. The summed E-state index contributed by atoms with van der Waals surface area (Å²) in [5, 5.41) is 22.5. The van der Waals surface area contributed by atoms with Crippen molar-refractivity contribution in [3.05, 3.63) is 53.3 Å². The van der Waals surface area contributed by atoms with E-state index in [9.17, 15) is 42.5 Å². The number of benzene rings is 1. The number of carboxylic acids is 1. The fraction of sp³-hybridized carbons (Fsp3) is 0.360. The maximum atomic E-state index is 13.6. The zero-order chi connectivity index (χ0) is 30.8. The summed E-state index contributed by atoms with van der Waals surface area (Å²) in [6, 6.07) is 4.60. The summed E-state index contributed by atoms with van der Waals surface area (Å²) in [4.78, 5) is 69.3. The molecule has 1 unspecified atom stereocenters. The maximum Gasteiger partial charge on any atom is 0.526 e. The number of hydrogen-bond donors (Lipinski definition) is 4. The summed E-state index contributed by atoms with van der Waals surface area (Å²) in [5.41, 5.74) is 0.414. The second kappa shape index (κ2) is 12.2. The summed E-state index contributed by atoms with van der Waals surface area (Å²) >= 11 is 0. The van der Waals surface area contributed by atoms with Crippen molar-refractivity contribution < 1.29 is 47.2 Å². The maximum absolute atomic E-state index is 13.6. The van der Waals surface area contributed by atoms with E-state index in [4.69, 9.17) is 4.65 Å². The summed E-state index contributed by atoms with van der Waals surface area (Å²) < 4.78 is 30.8. The number of piperazine rings is 1. The van der Waals surface area contributed by atoms with Gasteiger partial charge in [-0.25, -0.2) is 18.0 Å². The van der Waals surface area contributed by atoms with Crippen LogP contribution in [0.4, 0.5) is 10.5 Å². The van der Waals surface area contributed by atoms with Crippen LogP contribution in [0, 0.1) is 0 Å². The third-order valence-corrected chi connectivity index (χ3v) is 7.43. The second-order valence-corrected chi connectivity index (χ2v) is 11.6. The number of fused-ring (bicyclic) bond motifs is 1. The van der Waals surface area contributed by atoms with Crippen LogP contribution in [0.3, 0.4) is 0 Å². The predicted molar refractivity (Wildman–Crippen MR) is 147 cm³/mol. The number of aromatic nitrogens is 1. The quantitative estimate of drug-likeness (QED) is 0.222. The highest BCUT2D eigenvalue weighted by Gasteiger charge is 2.41. The number of amides is 4. The van der Waals surface area contributed by atoms with Gasteiger partial charge in [-0.15, -0.1) is 0 Å². The Balaban J connectivity index is 1.58. The van der Waals surface area contributed by atoms with Gasteiger partial charge in [0.15, 0.2) is 5.78 Å². The van der Waals surface area contributed by atoms with Crippen molar-refractivity contribution in [3.8, 4) is 5.75 Å². The highest BCUT2D eigenvalue weighted by molar-refractivity contribution is 7.92. The van der Waals surface area contributed by atoms with Crippen molar-refractivity contribution in [3.63, 3.8) is 0 Å². The van der Waals surface area contributed by atoms with Gasteiger partial charge in [0, 0.05) is 31.9 Å². The first-order valence-corrected chi connectivity index (χ1v) is 14.8. The third-order valence-electron chi connectivity index (χ3n) is 6.83. The molecule has 2 aromatic rings. The molecule has 222 valence electrons. The Bertz CT molecular complexity index is 1530. The number of para-hydroxylation sites is 1. The number of aromatic carboxylic acids is 1. The molecule has 0 saturated carbocycles. The number of ketones is 1. The molecule has 3 heterocycles. The number of hydrogen-bond acceptors (Lipinski definition) is 10. The highest BCUT2D eigenvalue weighted by Crippen LogP contribution is 2.37.